The maximum atomic E-state index is 13.7. The van der Waals surface area contributed by atoms with Crippen LogP contribution in [0.1, 0.15) is 61.6 Å². The molecule has 2 aliphatic rings. The number of hydrogen-bond donors (Lipinski definition) is 3. The normalized spacial score (nSPS) is 16.0. The number of hydrogen-bond acceptors (Lipinski definition) is 5. The summed E-state index contributed by atoms with van der Waals surface area (Å²) in [6.45, 7) is 6.07. The summed E-state index contributed by atoms with van der Waals surface area (Å²) in [4.78, 5) is 27.3. The molecule has 1 heterocycles. The predicted octanol–water partition coefficient (Wildman–Crippen LogP) is 7.23. The molecule has 0 spiro atoms. The van der Waals surface area contributed by atoms with Gasteiger partial charge in [0, 0.05) is 58.5 Å². The van der Waals surface area contributed by atoms with E-state index in [2.05, 4.69) is 99.3 Å². The molecule has 1 saturated carbocycles. The molecule has 1 aliphatic heterocycles. The van der Waals surface area contributed by atoms with Crippen molar-refractivity contribution in [1.29, 1.82) is 0 Å². The molecule has 8 nitrogen and oxygen atoms in total. The van der Waals surface area contributed by atoms with Gasteiger partial charge < -0.3 is 25.4 Å². The molecule has 3 aromatic rings. The predicted molar refractivity (Wildman–Crippen MR) is 185 cm³/mol. The van der Waals surface area contributed by atoms with Crippen molar-refractivity contribution in [2.45, 2.75) is 82.8 Å². The highest BCUT2D eigenvalue weighted by Gasteiger charge is 2.38. The molecule has 5 rings (SSSR count). The Morgan fingerprint density at radius 3 is 1.96 bits per heavy atom. The fourth-order valence-electron chi connectivity index (χ4n) is 6.32. The first kappa shape index (κ1) is 37.9. The smallest absolute Gasteiger partial charge is 0.475 e. The minimum Gasteiger partial charge on any atom is -0.475 e. The van der Waals surface area contributed by atoms with Crippen LogP contribution in [0.2, 0.25) is 0 Å². The van der Waals surface area contributed by atoms with Crippen molar-refractivity contribution in [2.24, 2.45) is 0 Å². The summed E-state index contributed by atoms with van der Waals surface area (Å²) in [5.74, 6) is -2.76. The lowest BCUT2D eigenvalue weighted by Crippen LogP contribution is -2.52. The summed E-state index contributed by atoms with van der Waals surface area (Å²) in [6.07, 6.45) is 2.87. The average molecular weight is 683 g/mol. The SMILES string of the molecule is COCCNCc1ccc(-c2ccc(CN(C(=O)NC3CCCCC3)C3CCN(Cc4ccccc4)CC3)cc2)cc1.O=C(O)C(F)(F)F. The number of amides is 2. The van der Waals surface area contributed by atoms with Crippen molar-refractivity contribution < 1.29 is 32.6 Å². The van der Waals surface area contributed by atoms with Crippen LogP contribution < -0.4 is 10.6 Å². The van der Waals surface area contributed by atoms with Gasteiger partial charge in [-0.2, -0.15) is 13.2 Å². The number of methoxy groups -OCH3 is 1. The Kier molecular flexibility index (Phi) is 14.9. The first-order valence-corrected chi connectivity index (χ1v) is 17.1. The van der Waals surface area contributed by atoms with Gasteiger partial charge in [-0.15, -0.1) is 0 Å². The first-order valence-electron chi connectivity index (χ1n) is 17.1. The summed E-state index contributed by atoms with van der Waals surface area (Å²) in [7, 11) is 1.72. The van der Waals surface area contributed by atoms with Gasteiger partial charge in [-0.05, 0) is 53.5 Å². The van der Waals surface area contributed by atoms with Gasteiger partial charge in [0.1, 0.15) is 0 Å². The van der Waals surface area contributed by atoms with Crippen LogP contribution in [0.3, 0.4) is 0 Å². The molecule has 3 N–H and O–H groups in total. The second-order valence-corrected chi connectivity index (χ2v) is 12.8. The molecule has 266 valence electrons. The van der Waals surface area contributed by atoms with E-state index in [1.807, 2.05) is 0 Å². The molecule has 0 aromatic heterocycles. The number of carboxylic acids is 1. The standard InChI is InChI=1S/C36H48N4O2.C2HF3O2/c1-42-25-22-37-26-29-12-16-32(17-13-29)33-18-14-31(15-19-33)28-40(36(41)38-34-10-6-3-7-11-34)35-20-23-39(24-21-35)27-30-8-4-2-5-9-30;3-2(4,5)1(6)7/h2,4-5,8-9,12-19,34-35,37H,3,6-7,10-11,20-28H2,1H3,(H,38,41);(H,6,7). The van der Waals surface area contributed by atoms with E-state index in [1.165, 1.54) is 47.1 Å². The number of benzene rings is 3. The van der Waals surface area contributed by atoms with Crippen LogP contribution in [0.5, 0.6) is 0 Å². The Labute approximate surface area is 287 Å². The Morgan fingerprint density at radius 1 is 0.837 bits per heavy atom. The molecule has 2 fully saturated rings. The number of carbonyl (C=O) groups is 2. The Balaban J connectivity index is 0.000000698. The molecule has 0 radical (unpaired) electrons. The molecule has 0 atom stereocenters. The van der Waals surface area contributed by atoms with Gasteiger partial charge >= 0.3 is 18.2 Å². The van der Waals surface area contributed by atoms with Crippen LogP contribution in [0.25, 0.3) is 11.1 Å². The molecular weight excluding hydrogens is 633 g/mol. The van der Waals surface area contributed by atoms with Crippen molar-refractivity contribution in [3.63, 3.8) is 0 Å². The van der Waals surface area contributed by atoms with E-state index < -0.39 is 12.1 Å². The number of carbonyl (C=O) groups excluding carboxylic acids is 1. The fraction of sp³-hybridized carbons (Fsp3) is 0.474. The van der Waals surface area contributed by atoms with Crippen LogP contribution in [0.4, 0.5) is 18.0 Å². The quantitative estimate of drug-likeness (QED) is 0.175. The number of halogens is 3. The number of urea groups is 1. The minimum atomic E-state index is -5.08. The monoisotopic (exact) mass is 682 g/mol. The second kappa shape index (κ2) is 19.3. The van der Waals surface area contributed by atoms with Crippen molar-refractivity contribution >= 4 is 12.0 Å². The van der Waals surface area contributed by atoms with Gasteiger partial charge in [0.25, 0.3) is 0 Å². The number of ether oxygens (including phenoxy) is 1. The van der Waals surface area contributed by atoms with Crippen LogP contribution >= 0.6 is 0 Å². The largest absolute Gasteiger partial charge is 0.490 e. The zero-order chi connectivity index (χ0) is 35.1. The van der Waals surface area contributed by atoms with Crippen LogP contribution in [-0.2, 0) is 29.2 Å². The van der Waals surface area contributed by atoms with Crippen molar-refractivity contribution in [1.82, 2.24) is 20.4 Å². The summed E-state index contributed by atoms with van der Waals surface area (Å²) >= 11 is 0. The molecule has 1 aliphatic carbocycles. The maximum absolute atomic E-state index is 13.7. The lowest BCUT2D eigenvalue weighted by molar-refractivity contribution is -0.192. The van der Waals surface area contributed by atoms with Gasteiger partial charge in [0.2, 0.25) is 0 Å². The van der Waals surface area contributed by atoms with E-state index in [4.69, 9.17) is 14.6 Å². The fourth-order valence-corrected chi connectivity index (χ4v) is 6.32. The Bertz CT molecular complexity index is 1410. The van der Waals surface area contributed by atoms with Gasteiger partial charge in [0.05, 0.1) is 6.61 Å². The zero-order valence-electron chi connectivity index (χ0n) is 28.3. The summed E-state index contributed by atoms with van der Waals surface area (Å²) < 4.78 is 36.8. The van der Waals surface area contributed by atoms with E-state index in [1.54, 1.807) is 7.11 Å². The van der Waals surface area contributed by atoms with Gasteiger partial charge in [-0.25, -0.2) is 9.59 Å². The van der Waals surface area contributed by atoms with Gasteiger partial charge in [0.15, 0.2) is 0 Å². The molecule has 0 bridgehead atoms. The van der Waals surface area contributed by atoms with E-state index in [0.717, 1.165) is 65.0 Å². The molecule has 3 aromatic carbocycles. The highest BCUT2D eigenvalue weighted by atomic mass is 19.4. The molecule has 49 heavy (non-hydrogen) atoms. The summed E-state index contributed by atoms with van der Waals surface area (Å²) in [5, 5.41) is 13.9. The minimum absolute atomic E-state index is 0.113. The van der Waals surface area contributed by atoms with Crippen molar-refractivity contribution in [2.75, 3.05) is 33.4 Å². The van der Waals surface area contributed by atoms with Gasteiger partial charge in [-0.1, -0.05) is 98.1 Å². The lowest BCUT2D eigenvalue weighted by atomic mass is 9.95. The molecular formula is C38H49F3N4O4. The first-order chi connectivity index (χ1) is 23.6. The highest BCUT2D eigenvalue weighted by molar-refractivity contribution is 5.75. The zero-order valence-corrected chi connectivity index (χ0v) is 28.3. The Hall–Kier alpha value is -3.93. The van der Waals surface area contributed by atoms with E-state index in [0.29, 0.717) is 12.6 Å². The number of piperidine rings is 1. The number of alkyl halides is 3. The molecule has 11 heteroatoms. The summed E-state index contributed by atoms with van der Waals surface area (Å²) in [5.41, 5.74) is 6.21. The number of carboxylic acid groups (broad SMARTS) is 1. The Morgan fingerprint density at radius 2 is 1.41 bits per heavy atom. The number of nitrogens with zero attached hydrogens (tertiary/aromatic N) is 2. The van der Waals surface area contributed by atoms with Crippen LogP contribution in [-0.4, -0.2) is 78.5 Å². The maximum Gasteiger partial charge on any atom is 0.490 e. The number of aliphatic carboxylic acids is 1. The van der Waals surface area contributed by atoms with Crippen molar-refractivity contribution in [3.05, 3.63) is 95.6 Å². The third-order valence-electron chi connectivity index (χ3n) is 9.09. The third kappa shape index (κ3) is 12.8. The molecule has 2 amide bonds. The highest BCUT2D eigenvalue weighted by Crippen LogP contribution is 2.25. The average Bonchev–Trinajstić information content (AvgIpc) is 3.11. The molecule has 1 saturated heterocycles. The molecule has 0 unspecified atom stereocenters. The van der Waals surface area contributed by atoms with Crippen molar-refractivity contribution in [3.8, 4) is 11.1 Å². The van der Waals surface area contributed by atoms with Crippen LogP contribution in [0.15, 0.2) is 78.9 Å². The number of likely N-dealkylation sites (tertiary alicyclic amines) is 1. The van der Waals surface area contributed by atoms with Gasteiger partial charge in [-0.3, -0.25) is 4.90 Å². The van der Waals surface area contributed by atoms with E-state index in [9.17, 15) is 18.0 Å². The van der Waals surface area contributed by atoms with E-state index in [-0.39, 0.29) is 12.1 Å². The lowest BCUT2D eigenvalue weighted by Gasteiger charge is -2.39. The number of nitrogens with one attached hydrogen (secondary N) is 2. The third-order valence-corrected chi connectivity index (χ3v) is 9.09. The second-order valence-electron chi connectivity index (χ2n) is 12.8. The van der Waals surface area contributed by atoms with Crippen LogP contribution in [0, 0.1) is 0 Å². The van der Waals surface area contributed by atoms with E-state index >= 15 is 0 Å². The topological polar surface area (TPSA) is 94.1 Å². The number of rotatable bonds is 12. The summed E-state index contributed by atoms with van der Waals surface area (Å²) in [6, 6.07) is 28.9.